The number of carbonyl (C=O) groups is 1. The lowest BCUT2D eigenvalue weighted by molar-refractivity contribution is -0.134. The van der Waals surface area contributed by atoms with Gasteiger partial charge in [-0.1, -0.05) is 30.3 Å². The molecule has 2 N–H and O–H groups in total. The zero-order chi connectivity index (χ0) is 18.6. The summed E-state index contributed by atoms with van der Waals surface area (Å²) in [6, 6.07) is 8.50. The number of nitrogens with two attached hydrogens (primary N) is 1. The van der Waals surface area contributed by atoms with Crippen LogP contribution < -0.4 is 5.73 Å². The molecule has 1 aliphatic rings. The summed E-state index contributed by atoms with van der Waals surface area (Å²) in [5.41, 5.74) is 4.75. The van der Waals surface area contributed by atoms with Gasteiger partial charge in [0.1, 0.15) is 0 Å². The van der Waals surface area contributed by atoms with Crippen LogP contribution in [-0.2, 0) is 10.2 Å². The Morgan fingerprint density at radius 2 is 2.06 bits per heavy atom. The standard InChI is InChI=1S/C15H22N2O/c1-3-17(4-2)14(18)15(10-13(15)11-16)12-8-6-5-7-9-12/h5-9,13H,3-4,10-11,16H2,1-2H3/t13-,15+/m0/s1/i3D2,4D2,11D2. The van der Waals surface area contributed by atoms with Crippen LogP contribution in [0.4, 0.5) is 0 Å². The van der Waals surface area contributed by atoms with Crippen LogP contribution in [0.5, 0.6) is 0 Å². The van der Waals surface area contributed by atoms with E-state index in [9.17, 15) is 4.79 Å². The number of benzene rings is 1. The lowest BCUT2D eigenvalue weighted by atomic mass is 9.91. The summed E-state index contributed by atoms with van der Waals surface area (Å²) >= 11 is 0. The highest BCUT2D eigenvalue weighted by molar-refractivity contribution is 5.92. The molecule has 0 unspecified atom stereocenters. The number of likely N-dealkylation sites (N-methyl/N-ethyl adjacent to an activating group) is 1. The Balaban J connectivity index is 2.56. The van der Waals surface area contributed by atoms with E-state index in [-0.39, 0.29) is 6.42 Å². The molecule has 1 aliphatic carbocycles. The second-order valence-corrected chi connectivity index (χ2v) is 4.35. The van der Waals surface area contributed by atoms with Crippen molar-refractivity contribution in [2.24, 2.45) is 11.7 Å². The first-order valence-electron chi connectivity index (χ1n) is 8.91. The van der Waals surface area contributed by atoms with Crippen molar-refractivity contribution in [2.75, 3.05) is 19.5 Å². The molecule has 1 saturated carbocycles. The van der Waals surface area contributed by atoms with E-state index in [1.807, 2.05) is 0 Å². The molecule has 2 atom stereocenters. The lowest BCUT2D eigenvalue weighted by Gasteiger charge is -2.26. The van der Waals surface area contributed by atoms with Crippen LogP contribution in [0.3, 0.4) is 0 Å². The van der Waals surface area contributed by atoms with Gasteiger partial charge in [0.25, 0.3) is 0 Å². The molecule has 1 aromatic rings. The molecule has 0 heterocycles. The highest BCUT2D eigenvalue weighted by atomic mass is 16.2. The normalized spacial score (nSPS) is 33.2. The molecule has 1 amide bonds. The van der Waals surface area contributed by atoms with Crippen LogP contribution in [-0.4, -0.2) is 30.3 Å². The molecule has 18 heavy (non-hydrogen) atoms. The van der Waals surface area contributed by atoms with Crippen molar-refractivity contribution >= 4 is 5.91 Å². The second-order valence-electron chi connectivity index (χ2n) is 4.35. The molecule has 2 rings (SSSR count). The van der Waals surface area contributed by atoms with E-state index >= 15 is 0 Å². The first kappa shape index (κ1) is 7.29. The summed E-state index contributed by atoms with van der Waals surface area (Å²) in [6.07, 6.45) is 0.113. The van der Waals surface area contributed by atoms with Crippen molar-refractivity contribution in [3.8, 4) is 0 Å². The summed E-state index contributed by atoms with van der Waals surface area (Å²) in [5.74, 6) is -1.62. The van der Waals surface area contributed by atoms with E-state index in [1.165, 1.54) is 0 Å². The van der Waals surface area contributed by atoms with E-state index in [0.29, 0.717) is 10.5 Å². The zero-order valence-electron chi connectivity index (χ0n) is 16.6. The Morgan fingerprint density at radius 3 is 2.50 bits per heavy atom. The first-order valence-corrected chi connectivity index (χ1v) is 5.91. The van der Waals surface area contributed by atoms with Crippen molar-refractivity contribution in [1.82, 2.24) is 4.90 Å². The Kier molecular flexibility index (Phi) is 2.07. The molecule has 1 fully saturated rings. The Morgan fingerprint density at radius 1 is 1.44 bits per heavy atom. The summed E-state index contributed by atoms with van der Waals surface area (Å²) < 4.78 is 47.1. The average molecular weight is 252 g/mol. The highest BCUT2D eigenvalue weighted by Gasteiger charge is 2.61. The molecule has 0 spiro atoms. The minimum absolute atomic E-state index is 0.113. The fourth-order valence-electron chi connectivity index (χ4n) is 2.39. The van der Waals surface area contributed by atoms with Gasteiger partial charge >= 0.3 is 0 Å². The van der Waals surface area contributed by atoms with E-state index in [1.54, 1.807) is 30.3 Å². The van der Waals surface area contributed by atoms with Gasteiger partial charge in [0.05, 0.1) is 5.41 Å². The molecular weight excluding hydrogens is 224 g/mol. The molecule has 1 aromatic carbocycles. The third kappa shape index (κ3) is 1.93. The minimum atomic E-state index is -2.24. The fraction of sp³-hybridized carbons (Fsp3) is 0.533. The number of carbonyl (C=O) groups excluding carboxylic acids is 1. The van der Waals surface area contributed by atoms with E-state index < -0.39 is 36.7 Å². The molecule has 0 bridgehead atoms. The van der Waals surface area contributed by atoms with Gasteiger partial charge in [0.15, 0.2) is 0 Å². The largest absolute Gasteiger partial charge is 0.342 e. The summed E-state index contributed by atoms with van der Waals surface area (Å²) in [4.78, 5) is 13.8. The van der Waals surface area contributed by atoms with E-state index in [2.05, 4.69) is 0 Å². The molecule has 98 valence electrons. The summed E-state index contributed by atoms with van der Waals surface area (Å²) in [6.45, 7) is -4.39. The Labute approximate surface area is 117 Å². The number of hydrogen-bond donors (Lipinski definition) is 1. The van der Waals surface area contributed by atoms with Crippen LogP contribution in [0.15, 0.2) is 30.3 Å². The van der Waals surface area contributed by atoms with E-state index in [0.717, 1.165) is 13.8 Å². The average Bonchev–Trinajstić information content (AvgIpc) is 3.12. The van der Waals surface area contributed by atoms with Gasteiger partial charge in [0, 0.05) is 21.2 Å². The Hall–Kier alpha value is -1.35. The fourth-order valence-corrected chi connectivity index (χ4v) is 2.39. The SMILES string of the molecule is [2H]C([2H])(N)[C@@H]1C[C@@]1(C(=O)N(C([2H])([2H])C)C([2H])([2H])C)c1ccccc1. The highest BCUT2D eigenvalue weighted by Crippen LogP contribution is 2.54. The number of rotatable bonds is 5. The maximum Gasteiger partial charge on any atom is 0.233 e. The molecule has 3 heteroatoms. The van der Waals surface area contributed by atoms with Crippen molar-refractivity contribution in [3.05, 3.63) is 35.9 Å². The maximum absolute atomic E-state index is 13.2. The molecule has 3 nitrogen and oxygen atoms in total. The van der Waals surface area contributed by atoms with Crippen LogP contribution in [0.2, 0.25) is 0 Å². The van der Waals surface area contributed by atoms with Gasteiger partial charge in [0.2, 0.25) is 5.91 Å². The van der Waals surface area contributed by atoms with E-state index in [4.69, 9.17) is 14.0 Å². The van der Waals surface area contributed by atoms with Gasteiger partial charge < -0.3 is 10.6 Å². The minimum Gasteiger partial charge on any atom is -0.342 e. The van der Waals surface area contributed by atoms with Crippen LogP contribution in [0.25, 0.3) is 0 Å². The molecular formula is C15H22N2O. The number of hydrogen-bond acceptors (Lipinski definition) is 2. The molecule has 0 saturated heterocycles. The van der Waals surface area contributed by atoms with Crippen molar-refractivity contribution in [2.45, 2.75) is 25.7 Å². The van der Waals surface area contributed by atoms with Crippen LogP contribution in [0, 0.1) is 5.92 Å². The quantitative estimate of drug-likeness (QED) is 0.868. The number of amides is 1. The molecule has 0 radical (unpaired) electrons. The van der Waals surface area contributed by atoms with Gasteiger partial charge in [-0.15, -0.1) is 0 Å². The van der Waals surface area contributed by atoms with Crippen LogP contribution >= 0.6 is 0 Å². The maximum atomic E-state index is 13.2. The van der Waals surface area contributed by atoms with Crippen molar-refractivity contribution in [1.29, 1.82) is 0 Å². The van der Waals surface area contributed by atoms with Gasteiger partial charge in [-0.05, 0) is 38.2 Å². The van der Waals surface area contributed by atoms with Crippen molar-refractivity contribution in [3.63, 3.8) is 0 Å². The first-order chi connectivity index (χ1) is 10.7. The van der Waals surface area contributed by atoms with Crippen molar-refractivity contribution < 1.29 is 13.0 Å². The predicted molar refractivity (Wildman–Crippen MR) is 73.2 cm³/mol. The molecule has 0 aliphatic heterocycles. The summed E-state index contributed by atoms with van der Waals surface area (Å²) in [7, 11) is 0. The van der Waals surface area contributed by atoms with Gasteiger partial charge in [-0.2, -0.15) is 0 Å². The van der Waals surface area contributed by atoms with Gasteiger partial charge in [-0.25, -0.2) is 0 Å². The summed E-state index contributed by atoms with van der Waals surface area (Å²) in [5, 5.41) is 0. The number of nitrogens with zero attached hydrogens (tertiary/aromatic N) is 1. The molecule has 0 aromatic heterocycles. The second kappa shape index (κ2) is 5.11. The zero-order valence-corrected chi connectivity index (χ0v) is 10.6. The predicted octanol–water partition coefficient (Wildman–Crippen LogP) is 1.77. The van der Waals surface area contributed by atoms with Gasteiger partial charge in [-0.3, -0.25) is 4.79 Å². The Bertz CT molecular complexity index is 606. The monoisotopic (exact) mass is 252 g/mol. The topological polar surface area (TPSA) is 46.3 Å². The third-order valence-electron chi connectivity index (χ3n) is 3.48. The van der Waals surface area contributed by atoms with Crippen LogP contribution in [0.1, 0.15) is 34.1 Å². The smallest absolute Gasteiger partial charge is 0.233 e. The lowest BCUT2D eigenvalue weighted by Crippen LogP contribution is -2.40. The third-order valence-corrected chi connectivity index (χ3v) is 3.48.